The van der Waals surface area contributed by atoms with Gasteiger partial charge in [0.15, 0.2) is 0 Å². The lowest BCUT2D eigenvalue weighted by Crippen LogP contribution is -2.45. The molecule has 0 unspecified atom stereocenters. The molecule has 8 heteroatoms. The largest absolute Gasteiger partial charge is 0.341 e. The van der Waals surface area contributed by atoms with Gasteiger partial charge in [0.05, 0.1) is 17.4 Å². The van der Waals surface area contributed by atoms with Crippen molar-refractivity contribution in [2.45, 2.75) is 24.8 Å². The van der Waals surface area contributed by atoms with Crippen molar-refractivity contribution in [3.63, 3.8) is 0 Å². The summed E-state index contributed by atoms with van der Waals surface area (Å²) in [6, 6.07) is 20.0. The van der Waals surface area contributed by atoms with E-state index < -0.39 is 0 Å². The molecule has 4 aromatic rings. The van der Waals surface area contributed by atoms with E-state index in [9.17, 15) is 9.18 Å². The van der Waals surface area contributed by atoms with Crippen molar-refractivity contribution in [1.29, 1.82) is 0 Å². The molecule has 0 saturated carbocycles. The van der Waals surface area contributed by atoms with E-state index in [1.54, 1.807) is 42.3 Å². The molecule has 0 aliphatic carbocycles. The van der Waals surface area contributed by atoms with Gasteiger partial charge in [-0.2, -0.15) is 5.10 Å². The Bertz CT molecular complexity index is 1260. The summed E-state index contributed by atoms with van der Waals surface area (Å²) in [4.78, 5) is 23.6. The maximum absolute atomic E-state index is 13.5. The lowest BCUT2D eigenvalue weighted by molar-refractivity contribution is 0.142. The van der Waals surface area contributed by atoms with Crippen LogP contribution in [0.1, 0.15) is 36.1 Å². The number of carbonyl (C=O) groups excluding carboxylic acids is 1. The second kappa shape index (κ2) is 9.43. The standard InChI is InChI=1S/C26H25FN6O/c1-28-26(34)32-17-20(10-13-23(32)19-6-3-2-4-7-19)24-16-22(18-8-11-21(27)12-9-18)31-33(24)25-29-14-5-15-30-25/h2-9,11-12,14-16,20,23H,10,13,17H2,1H3,(H,28,34)/t20-,23+/m0/s1. The zero-order valence-electron chi connectivity index (χ0n) is 18.8. The molecule has 3 heterocycles. The van der Waals surface area contributed by atoms with Gasteiger partial charge in [-0.05, 0) is 54.8 Å². The molecule has 0 spiro atoms. The van der Waals surface area contributed by atoms with Crippen LogP contribution in [0.3, 0.4) is 0 Å². The maximum atomic E-state index is 13.5. The van der Waals surface area contributed by atoms with Crippen molar-refractivity contribution in [1.82, 2.24) is 30.0 Å². The minimum atomic E-state index is -0.296. The molecule has 1 fully saturated rings. The average Bonchev–Trinajstić information content (AvgIpc) is 3.35. The Balaban J connectivity index is 1.53. The minimum absolute atomic E-state index is 0.00156. The number of hydrogen-bond acceptors (Lipinski definition) is 4. The number of rotatable bonds is 4. The van der Waals surface area contributed by atoms with Gasteiger partial charge in [-0.15, -0.1) is 0 Å². The van der Waals surface area contributed by atoms with Crippen LogP contribution in [0, 0.1) is 5.82 Å². The van der Waals surface area contributed by atoms with Gasteiger partial charge in [-0.25, -0.2) is 23.8 Å². The Morgan fingerprint density at radius 3 is 2.44 bits per heavy atom. The number of halogens is 1. The fourth-order valence-electron chi connectivity index (χ4n) is 4.61. The summed E-state index contributed by atoms with van der Waals surface area (Å²) in [6.07, 6.45) is 5.03. The van der Waals surface area contributed by atoms with E-state index in [1.807, 2.05) is 29.2 Å². The molecular formula is C26H25FN6O. The molecule has 2 aromatic heterocycles. The molecule has 0 bridgehead atoms. The lowest BCUT2D eigenvalue weighted by atomic mass is 9.87. The highest BCUT2D eigenvalue weighted by atomic mass is 19.1. The van der Waals surface area contributed by atoms with Gasteiger partial charge in [0.2, 0.25) is 0 Å². The predicted molar refractivity (Wildman–Crippen MR) is 127 cm³/mol. The highest BCUT2D eigenvalue weighted by molar-refractivity contribution is 5.74. The highest BCUT2D eigenvalue weighted by Crippen LogP contribution is 2.39. The van der Waals surface area contributed by atoms with Crippen molar-refractivity contribution in [2.24, 2.45) is 0 Å². The van der Waals surface area contributed by atoms with E-state index in [0.717, 1.165) is 29.7 Å². The third-order valence-electron chi connectivity index (χ3n) is 6.28. The molecule has 1 aliphatic rings. The first-order valence-electron chi connectivity index (χ1n) is 11.3. The minimum Gasteiger partial charge on any atom is -0.341 e. The Kier molecular flexibility index (Phi) is 6.03. The summed E-state index contributed by atoms with van der Waals surface area (Å²) in [5.74, 6) is 0.195. The molecule has 1 N–H and O–H groups in total. The molecular weight excluding hydrogens is 431 g/mol. The molecule has 2 atom stereocenters. The first-order valence-corrected chi connectivity index (χ1v) is 11.3. The molecule has 5 rings (SSSR count). The van der Waals surface area contributed by atoms with Crippen LogP contribution in [-0.2, 0) is 0 Å². The number of benzene rings is 2. The van der Waals surface area contributed by atoms with Crippen molar-refractivity contribution in [2.75, 3.05) is 13.6 Å². The molecule has 2 amide bonds. The molecule has 172 valence electrons. The number of aromatic nitrogens is 4. The summed E-state index contributed by atoms with van der Waals surface area (Å²) < 4.78 is 15.2. The van der Waals surface area contributed by atoms with Crippen molar-refractivity contribution in [3.8, 4) is 17.2 Å². The van der Waals surface area contributed by atoms with Crippen molar-refractivity contribution < 1.29 is 9.18 Å². The molecule has 1 aliphatic heterocycles. The van der Waals surface area contributed by atoms with Gasteiger partial charge in [-0.1, -0.05) is 30.3 Å². The molecule has 34 heavy (non-hydrogen) atoms. The Hall–Kier alpha value is -4.07. The number of amides is 2. The van der Waals surface area contributed by atoms with Crippen molar-refractivity contribution >= 4 is 6.03 Å². The van der Waals surface area contributed by atoms with Crippen LogP contribution >= 0.6 is 0 Å². The third-order valence-corrected chi connectivity index (χ3v) is 6.28. The average molecular weight is 457 g/mol. The van der Waals surface area contributed by atoms with Crippen LogP contribution in [0.15, 0.2) is 79.1 Å². The third kappa shape index (κ3) is 4.26. The number of piperidine rings is 1. The lowest BCUT2D eigenvalue weighted by Gasteiger charge is -2.39. The molecule has 1 saturated heterocycles. The fourth-order valence-corrected chi connectivity index (χ4v) is 4.61. The van der Waals surface area contributed by atoms with E-state index in [0.29, 0.717) is 18.2 Å². The second-order valence-electron chi connectivity index (χ2n) is 8.33. The van der Waals surface area contributed by atoms with Crippen LogP contribution in [0.5, 0.6) is 0 Å². The summed E-state index contributed by atoms with van der Waals surface area (Å²) >= 11 is 0. The Morgan fingerprint density at radius 2 is 1.74 bits per heavy atom. The van der Waals surface area contributed by atoms with E-state index in [4.69, 9.17) is 5.10 Å². The Morgan fingerprint density at radius 1 is 1.00 bits per heavy atom. The SMILES string of the molecule is CNC(=O)N1C[C@@H](c2cc(-c3ccc(F)cc3)nn2-c2ncccn2)CC[C@@H]1c1ccccc1. The second-order valence-corrected chi connectivity index (χ2v) is 8.33. The predicted octanol–water partition coefficient (Wildman–Crippen LogP) is 4.73. The van der Waals surface area contributed by atoms with Gasteiger partial charge in [-0.3, -0.25) is 0 Å². The van der Waals surface area contributed by atoms with Crippen LogP contribution in [0.2, 0.25) is 0 Å². The summed E-state index contributed by atoms with van der Waals surface area (Å²) in [7, 11) is 1.66. The smallest absolute Gasteiger partial charge is 0.317 e. The quantitative estimate of drug-likeness (QED) is 0.482. The van der Waals surface area contributed by atoms with Crippen LogP contribution in [0.4, 0.5) is 9.18 Å². The van der Waals surface area contributed by atoms with Crippen LogP contribution < -0.4 is 5.32 Å². The number of carbonyl (C=O) groups is 1. The van der Waals surface area contributed by atoms with Gasteiger partial charge < -0.3 is 10.2 Å². The molecule has 0 radical (unpaired) electrons. The topological polar surface area (TPSA) is 75.9 Å². The maximum Gasteiger partial charge on any atom is 0.317 e. The van der Waals surface area contributed by atoms with Crippen LogP contribution in [-0.4, -0.2) is 44.3 Å². The summed E-state index contributed by atoms with van der Waals surface area (Å²) in [5.41, 5.74) is 3.56. The number of hydrogen-bond donors (Lipinski definition) is 1. The first kappa shape index (κ1) is 21.8. The van der Waals surface area contributed by atoms with Gasteiger partial charge >= 0.3 is 6.03 Å². The number of urea groups is 1. The monoisotopic (exact) mass is 456 g/mol. The number of nitrogens with zero attached hydrogens (tertiary/aromatic N) is 5. The normalized spacial score (nSPS) is 18.0. The van der Waals surface area contributed by atoms with Crippen LogP contribution in [0.25, 0.3) is 17.2 Å². The molecule has 2 aromatic carbocycles. The van der Waals surface area contributed by atoms with Gasteiger partial charge in [0.1, 0.15) is 5.82 Å². The van der Waals surface area contributed by atoms with Gasteiger partial charge in [0, 0.05) is 37.5 Å². The van der Waals surface area contributed by atoms with E-state index in [-0.39, 0.29) is 23.8 Å². The highest BCUT2D eigenvalue weighted by Gasteiger charge is 2.35. The fraction of sp³-hybridized carbons (Fsp3) is 0.231. The molecule has 7 nitrogen and oxygen atoms in total. The van der Waals surface area contributed by atoms with Crippen molar-refractivity contribution in [3.05, 3.63) is 96.2 Å². The zero-order valence-corrected chi connectivity index (χ0v) is 18.8. The summed E-state index contributed by atoms with van der Waals surface area (Å²) in [6.45, 7) is 0.528. The Labute approximate surface area is 197 Å². The van der Waals surface area contributed by atoms with E-state index in [2.05, 4.69) is 27.4 Å². The van der Waals surface area contributed by atoms with E-state index >= 15 is 0 Å². The first-order chi connectivity index (χ1) is 16.6. The van der Waals surface area contributed by atoms with E-state index in [1.165, 1.54) is 12.1 Å². The number of likely N-dealkylation sites (tertiary alicyclic amines) is 1. The summed E-state index contributed by atoms with van der Waals surface area (Å²) in [5, 5.41) is 7.57. The van der Waals surface area contributed by atoms with Gasteiger partial charge in [0.25, 0.3) is 5.95 Å². The number of nitrogens with one attached hydrogen (secondary N) is 1. The zero-order chi connectivity index (χ0) is 23.5.